The van der Waals surface area contributed by atoms with Crippen molar-refractivity contribution in [1.82, 2.24) is 0 Å². The number of hydrogen-bond donors (Lipinski definition) is 1. The molecular weight excluding hydrogens is 234 g/mol. The van der Waals surface area contributed by atoms with E-state index in [0.717, 1.165) is 0 Å². The first-order valence-corrected chi connectivity index (χ1v) is 5.13. The van der Waals surface area contributed by atoms with E-state index in [1.165, 1.54) is 24.3 Å². The predicted octanol–water partition coefficient (Wildman–Crippen LogP) is 2.96. The molecule has 0 spiro atoms. The van der Waals surface area contributed by atoms with E-state index in [4.69, 9.17) is 10.6 Å². The summed E-state index contributed by atoms with van der Waals surface area (Å²) in [7, 11) is 0. The van der Waals surface area contributed by atoms with E-state index in [-0.39, 0.29) is 11.4 Å². The molecule has 0 aliphatic heterocycles. The van der Waals surface area contributed by atoms with Crippen LogP contribution < -0.4 is 15.8 Å². The number of nitroso groups, excluding NO2 is 1. The Hall–Kier alpha value is -2.60. The third kappa shape index (κ3) is 2.74. The van der Waals surface area contributed by atoms with Gasteiger partial charge in [-0.25, -0.2) is 0 Å². The van der Waals surface area contributed by atoms with Crippen LogP contribution in [-0.4, -0.2) is 0 Å². The number of nitrogens with zero attached hydrogens (tertiary/aromatic N) is 2. The van der Waals surface area contributed by atoms with Crippen molar-refractivity contribution >= 4 is 17.1 Å². The van der Waals surface area contributed by atoms with E-state index in [0.29, 0.717) is 16.7 Å². The Balaban J connectivity index is 2.08. The maximum Gasteiger partial charge on any atom is 0.154 e. The van der Waals surface area contributed by atoms with Gasteiger partial charge in [-0.05, 0) is 53.7 Å². The summed E-state index contributed by atoms with van der Waals surface area (Å²) in [5, 5.41) is 14.7. The molecule has 6 nitrogen and oxygen atoms in total. The SMILES string of the molecule is Nc1ccc(ON([O-])c2ccc(N=O)cc2)cc1. The molecule has 2 rings (SSSR count). The standard InChI is InChI=1S/C12H10N3O3/c13-9-1-7-12(8-2-9)18-15(17)11-5-3-10(14-16)4-6-11/h1-8H,13H2/q-1. The van der Waals surface area contributed by atoms with Crippen molar-refractivity contribution in [2.45, 2.75) is 0 Å². The molecule has 0 aliphatic carbocycles. The molecule has 0 heterocycles. The second-order valence-electron chi connectivity index (χ2n) is 3.53. The van der Waals surface area contributed by atoms with E-state index in [9.17, 15) is 10.1 Å². The average molecular weight is 244 g/mol. The van der Waals surface area contributed by atoms with Gasteiger partial charge < -0.3 is 15.8 Å². The highest BCUT2D eigenvalue weighted by molar-refractivity contribution is 5.52. The van der Waals surface area contributed by atoms with Crippen LogP contribution in [0, 0.1) is 10.1 Å². The van der Waals surface area contributed by atoms with Crippen LogP contribution in [0.25, 0.3) is 0 Å². The fraction of sp³-hybridized carbons (Fsp3) is 0. The van der Waals surface area contributed by atoms with Gasteiger partial charge in [0.1, 0.15) is 5.69 Å². The zero-order valence-corrected chi connectivity index (χ0v) is 9.32. The lowest BCUT2D eigenvalue weighted by Crippen LogP contribution is -2.19. The van der Waals surface area contributed by atoms with E-state index < -0.39 is 0 Å². The fourth-order valence-electron chi connectivity index (χ4n) is 1.31. The first-order valence-electron chi connectivity index (χ1n) is 5.13. The normalized spacial score (nSPS) is 9.83. The van der Waals surface area contributed by atoms with Gasteiger partial charge in [-0.2, -0.15) is 0 Å². The highest BCUT2D eigenvalue weighted by atomic mass is 16.9. The van der Waals surface area contributed by atoms with Crippen LogP contribution in [0.1, 0.15) is 0 Å². The molecule has 6 heteroatoms. The van der Waals surface area contributed by atoms with Crippen molar-refractivity contribution in [3.63, 3.8) is 0 Å². The minimum atomic E-state index is 0.250. The largest absolute Gasteiger partial charge is 0.724 e. The van der Waals surface area contributed by atoms with Crippen LogP contribution in [0.5, 0.6) is 5.75 Å². The number of benzene rings is 2. The van der Waals surface area contributed by atoms with Crippen LogP contribution >= 0.6 is 0 Å². The van der Waals surface area contributed by atoms with Gasteiger partial charge in [0.05, 0.1) is 5.69 Å². The maximum atomic E-state index is 11.7. The van der Waals surface area contributed by atoms with Gasteiger partial charge in [-0.1, -0.05) is 0 Å². The van der Waals surface area contributed by atoms with Crippen molar-refractivity contribution in [3.8, 4) is 5.75 Å². The Morgan fingerprint density at radius 1 is 1.06 bits per heavy atom. The number of nitrogen functional groups attached to an aromatic ring is 1. The van der Waals surface area contributed by atoms with Crippen molar-refractivity contribution < 1.29 is 4.84 Å². The summed E-state index contributed by atoms with van der Waals surface area (Å²) in [5.74, 6) is 0.372. The van der Waals surface area contributed by atoms with Crippen LogP contribution in [0.15, 0.2) is 53.7 Å². The molecule has 2 aromatic carbocycles. The lowest BCUT2D eigenvalue weighted by Gasteiger charge is -2.29. The Kier molecular flexibility index (Phi) is 3.40. The summed E-state index contributed by atoms with van der Waals surface area (Å²) in [4.78, 5) is 15.3. The summed E-state index contributed by atoms with van der Waals surface area (Å²) in [6.07, 6.45) is 0. The summed E-state index contributed by atoms with van der Waals surface area (Å²) in [5.41, 5.74) is 6.61. The van der Waals surface area contributed by atoms with Crippen LogP contribution in [-0.2, 0) is 0 Å². The minimum Gasteiger partial charge on any atom is -0.724 e. The van der Waals surface area contributed by atoms with E-state index >= 15 is 0 Å². The van der Waals surface area contributed by atoms with Gasteiger partial charge in [0.25, 0.3) is 0 Å². The van der Waals surface area contributed by atoms with Gasteiger partial charge in [0, 0.05) is 5.69 Å². The van der Waals surface area contributed by atoms with Crippen molar-refractivity contribution in [2.75, 3.05) is 11.0 Å². The second kappa shape index (κ2) is 5.15. The van der Waals surface area contributed by atoms with Gasteiger partial charge in [-0.15, -0.1) is 4.91 Å². The maximum absolute atomic E-state index is 11.7. The van der Waals surface area contributed by atoms with E-state index in [1.807, 2.05) is 0 Å². The number of nitrogens with two attached hydrogens (primary N) is 1. The topological polar surface area (TPSA) is 91.0 Å². The average Bonchev–Trinajstić information content (AvgIpc) is 2.41. The highest BCUT2D eigenvalue weighted by Gasteiger charge is 1.99. The molecule has 0 fully saturated rings. The van der Waals surface area contributed by atoms with E-state index in [2.05, 4.69) is 5.18 Å². The Bertz CT molecular complexity index is 525. The molecule has 2 aromatic rings. The monoisotopic (exact) mass is 244 g/mol. The smallest absolute Gasteiger partial charge is 0.154 e. The van der Waals surface area contributed by atoms with Crippen molar-refractivity contribution in [2.24, 2.45) is 5.18 Å². The molecule has 92 valence electrons. The van der Waals surface area contributed by atoms with Gasteiger partial charge in [-0.3, -0.25) is 5.23 Å². The first kappa shape index (κ1) is 11.9. The molecule has 2 N–H and O–H groups in total. The Morgan fingerprint density at radius 3 is 2.22 bits per heavy atom. The molecule has 0 saturated carbocycles. The molecule has 0 amide bonds. The zero-order chi connectivity index (χ0) is 13.0. The van der Waals surface area contributed by atoms with Gasteiger partial charge in [0.15, 0.2) is 5.75 Å². The van der Waals surface area contributed by atoms with Crippen molar-refractivity contribution in [3.05, 3.63) is 58.6 Å². The predicted molar refractivity (Wildman–Crippen MR) is 69.2 cm³/mol. The lowest BCUT2D eigenvalue weighted by atomic mass is 10.3. The number of anilines is 2. The molecule has 0 bridgehead atoms. The number of hydrogen-bond acceptors (Lipinski definition) is 6. The summed E-state index contributed by atoms with van der Waals surface area (Å²) in [6.45, 7) is 0. The van der Waals surface area contributed by atoms with Crippen LogP contribution in [0.3, 0.4) is 0 Å². The van der Waals surface area contributed by atoms with Crippen LogP contribution in [0.4, 0.5) is 17.1 Å². The molecule has 0 unspecified atom stereocenters. The van der Waals surface area contributed by atoms with Gasteiger partial charge >= 0.3 is 0 Å². The lowest BCUT2D eigenvalue weighted by molar-refractivity contribution is 0.319. The van der Waals surface area contributed by atoms with E-state index in [1.54, 1.807) is 24.3 Å². The first-order chi connectivity index (χ1) is 8.69. The third-order valence-corrected chi connectivity index (χ3v) is 2.23. The fourth-order valence-corrected chi connectivity index (χ4v) is 1.31. The second-order valence-corrected chi connectivity index (χ2v) is 3.53. The molecule has 0 radical (unpaired) electrons. The summed E-state index contributed by atoms with van der Waals surface area (Å²) < 4.78 is 0. The molecule has 0 aromatic heterocycles. The Labute approximate surface area is 103 Å². The zero-order valence-electron chi connectivity index (χ0n) is 9.32. The molecule has 0 aliphatic rings. The minimum absolute atomic E-state index is 0.250. The van der Waals surface area contributed by atoms with Gasteiger partial charge in [0.2, 0.25) is 0 Å². The summed E-state index contributed by atoms with van der Waals surface area (Å²) >= 11 is 0. The van der Waals surface area contributed by atoms with Crippen molar-refractivity contribution in [1.29, 1.82) is 0 Å². The quantitative estimate of drug-likeness (QED) is 0.507. The molecular formula is C12H10N3O3-. The molecule has 0 atom stereocenters. The highest BCUT2D eigenvalue weighted by Crippen LogP contribution is 2.21. The molecule has 18 heavy (non-hydrogen) atoms. The Morgan fingerprint density at radius 2 is 1.67 bits per heavy atom. The third-order valence-electron chi connectivity index (χ3n) is 2.23. The summed E-state index contributed by atoms with van der Waals surface area (Å²) in [6, 6.07) is 12.2. The van der Waals surface area contributed by atoms with Crippen LogP contribution in [0.2, 0.25) is 0 Å². The number of rotatable bonds is 4. The molecule has 0 saturated heterocycles.